The first kappa shape index (κ1) is 13.1. The van der Waals surface area contributed by atoms with Crippen LogP contribution in [0.4, 0.5) is 0 Å². The lowest BCUT2D eigenvalue weighted by atomic mass is 10.3. The average Bonchev–Trinajstić information content (AvgIpc) is 3.03. The minimum atomic E-state index is -0.00607. The Labute approximate surface area is 117 Å². The van der Waals surface area contributed by atoms with Crippen molar-refractivity contribution in [2.45, 2.75) is 25.9 Å². The van der Waals surface area contributed by atoms with Gasteiger partial charge in [-0.25, -0.2) is 4.98 Å². The van der Waals surface area contributed by atoms with Crippen molar-refractivity contribution < 1.29 is 0 Å². The second-order valence-corrected chi connectivity index (χ2v) is 5.50. The quantitative estimate of drug-likeness (QED) is 0.827. The van der Waals surface area contributed by atoms with Crippen LogP contribution in [0.2, 0.25) is 0 Å². The normalized spacial score (nSPS) is 19.6. The first-order valence-electron chi connectivity index (χ1n) is 6.86. The van der Waals surface area contributed by atoms with Crippen LogP contribution in [0.15, 0.2) is 29.6 Å². The van der Waals surface area contributed by atoms with E-state index in [1.54, 1.807) is 19.4 Å². The molecule has 1 aliphatic heterocycles. The molecule has 1 saturated heterocycles. The van der Waals surface area contributed by atoms with Crippen LogP contribution in [0.5, 0.6) is 0 Å². The summed E-state index contributed by atoms with van der Waals surface area (Å²) in [5.74, 6) is 0. The summed E-state index contributed by atoms with van der Waals surface area (Å²) in [4.78, 5) is 18.2. The van der Waals surface area contributed by atoms with Crippen LogP contribution in [0.3, 0.4) is 0 Å². The molecule has 106 valence electrons. The monoisotopic (exact) mass is 273 g/mol. The Balaban J connectivity index is 1.65. The molecular formula is C14H19N5O. The van der Waals surface area contributed by atoms with E-state index in [2.05, 4.69) is 28.1 Å². The van der Waals surface area contributed by atoms with Gasteiger partial charge >= 0.3 is 0 Å². The van der Waals surface area contributed by atoms with E-state index >= 15 is 0 Å². The topological polar surface area (TPSA) is 56.0 Å². The van der Waals surface area contributed by atoms with Gasteiger partial charge in [0, 0.05) is 38.9 Å². The van der Waals surface area contributed by atoms with E-state index in [1.807, 2.05) is 10.9 Å². The molecule has 0 N–H and O–H groups in total. The Kier molecular flexibility index (Phi) is 3.40. The highest BCUT2D eigenvalue weighted by molar-refractivity contribution is 5.03. The molecule has 0 aliphatic carbocycles. The Hall–Kier alpha value is -1.95. The molecular weight excluding hydrogens is 254 g/mol. The molecule has 6 nitrogen and oxygen atoms in total. The molecule has 1 atom stereocenters. The van der Waals surface area contributed by atoms with Gasteiger partial charge in [-0.2, -0.15) is 5.10 Å². The number of hydrogen-bond donors (Lipinski definition) is 0. The molecule has 0 spiro atoms. The van der Waals surface area contributed by atoms with Gasteiger partial charge in [0.2, 0.25) is 0 Å². The van der Waals surface area contributed by atoms with E-state index in [-0.39, 0.29) is 5.56 Å². The van der Waals surface area contributed by atoms with Gasteiger partial charge in [-0.3, -0.25) is 14.4 Å². The third-order valence-electron chi connectivity index (χ3n) is 3.77. The summed E-state index contributed by atoms with van der Waals surface area (Å²) >= 11 is 0. The standard InChI is InChI=1S/C14H19N5O/c1-11-6-16-19(7-11)13-3-4-18(9-13)8-12-5-14(20)17(2)10-15-12/h5-7,10,13H,3-4,8-9H2,1-2H3. The van der Waals surface area contributed by atoms with Crippen molar-refractivity contribution in [2.24, 2.45) is 7.05 Å². The van der Waals surface area contributed by atoms with Crippen molar-refractivity contribution in [3.8, 4) is 0 Å². The fourth-order valence-corrected chi connectivity index (χ4v) is 2.62. The van der Waals surface area contributed by atoms with Crippen LogP contribution in [-0.4, -0.2) is 37.3 Å². The molecule has 0 bridgehead atoms. The van der Waals surface area contributed by atoms with Crippen LogP contribution in [0.25, 0.3) is 0 Å². The van der Waals surface area contributed by atoms with Gasteiger partial charge in [-0.1, -0.05) is 0 Å². The predicted molar refractivity (Wildman–Crippen MR) is 75.4 cm³/mol. The van der Waals surface area contributed by atoms with Crippen molar-refractivity contribution in [3.05, 3.63) is 46.4 Å². The first-order valence-corrected chi connectivity index (χ1v) is 6.86. The van der Waals surface area contributed by atoms with E-state index in [4.69, 9.17) is 0 Å². The highest BCUT2D eigenvalue weighted by Crippen LogP contribution is 2.22. The van der Waals surface area contributed by atoms with Gasteiger partial charge in [0.05, 0.1) is 24.3 Å². The van der Waals surface area contributed by atoms with E-state index < -0.39 is 0 Å². The number of aromatic nitrogens is 4. The lowest BCUT2D eigenvalue weighted by Gasteiger charge is -2.15. The summed E-state index contributed by atoms with van der Waals surface area (Å²) in [6.07, 6.45) is 6.66. The molecule has 3 heterocycles. The number of likely N-dealkylation sites (tertiary alicyclic amines) is 1. The van der Waals surface area contributed by atoms with Gasteiger partial charge in [-0.05, 0) is 18.9 Å². The van der Waals surface area contributed by atoms with Crippen molar-refractivity contribution in [3.63, 3.8) is 0 Å². The molecule has 1 unspecified atom stereocenters. The molecule has 2 aromatic heterocycles. The summed E-state index contributed by atoms with van der Waals surface area (Å²) in [7, 11) is 1.71. The van der Waals surface area contributed by atoms with Crippen molar-refractivity contribution in [2.75, 3.05) is 13.1 Å². The lowest BCUT2D eigenvalue weighted by molar-refractivity contribution is 0.307. The van der Waals surface area contributed by atoms with Crippen LogP contribution >= 0.6 is 0 Å². The Bertz CT molecular complexity index is 660. The molecule has 3 rings (SSSR count). The average molecular weight is 273 g/mol. The van der Waals surface area contributed by atoms with Crippen LogP contribution in [0, 0.1) is 6.92 Å². The van der Waals surface area contributed by atoms with Crippen molar-refractivity contribution in [1.29, 1.82) is 0 Å². The van der Waals surface area contributed by atoms with Gasteiger partial charge in [0.1, 0.15) is 0 Å². The fourth-order valence-electron chi connectivity index (χ4n) is 2.62. The van der Waals surface area contributed by atoms with Gasteiger partial charge in [-0.15, -0.1) is 0 Å². The van der Waals surface area contributed by atoms with Crippen LogP contribution < -0.4 is 5.56 Å². The second kappa shape index (κ2) is 5.20. The molecule has 20 heavy (non-hydrogen) atoms. The summed E-state index contributed by atoms with van der Waals surface area (Å²) in [6, 6.07) is 2.04. The molecule has 0 aromatic carbocycles. The molecule has 0 amide bonds. The highest BCUT2D eigenvalue weighted by Gasteiger charge is 2.24. The zero-order chi connectivity index (χ0) is 14.1. The summed E-state index contributed by atoms with van der Waals surface area (Å²) in [6.45, 7) is 4.76. The van der Waals surface area contributed by atoms with Gasteiger partial charge < -0.3 is 4.57 Å². The van der Waals surface area contributed by atoms with E-state index in [0.717, 1.165) is 31.7 Å². The smallest absolute Gasteiger partial charge is 0.253 e. The maximum Gasteiger partial charge on any atom is 0.253 e. The number of rotatable bonds is 3. The maximum absolute atomic E-state index is 11.6. The Morgan fingerprint density at radius 3 is 3.00 bits per heavy atom. The number of aryl methyl sites for hydroxylation is 2. The predicted octanol–water partition coefficient (Wildman–Crippen LogP) is 0.732. The molecule has 6 heteroatoms. The Morgan fingerprint density at radius 1 is 1.45 bits per heavy atom. The fraction of sp³-hybridized carbons (Fsp3) is 0.500. The maximum atomic E-state index is 11.6. The molecule has 0 saturated carbocycles. The van der Waals surface area contributed by atoms with E-state index in [9.17, 15) is 4.79 Å². The van der Waals surface area contributed by atoms with Crippen molar-refractivity contribution >= 4 is 0 Å². The third kappa shape index (κ3) is 2.65. The van der Waals surface area contributed by atoms with E-state index in [1.165, 1.54) is 10.1 Å². The summed E-state index contributed by atoms with van der Waals surface area (Å²) in [5.41, 5.74) is 2.02. The van der Waals surface area contributed by atoms with E-state index in [0.29, 0.717) is 6.04 Å². The Morgan fingerprint density at radius 2 is 2.30 bits per heavy atom. The molecule has 0 radical (unpaired) electrons. The largest absolute Gasteiger partial charge is 0.302 e. The zero-order valence-electron chi connectivity index (χ0n) is 11.9. The van der Waals surface area contributed by atoms with Gasteiger partial charge in [0.15, 0.2) is 0 Å². The lowest BCUT2D eigenvalue weighted by Crippen LogP contribution is -2.24. The highest BCUT2D eigenvalue weighted by atomic mass is 16.1. The molecule has 2 aromatic rings. The minimum Gasteiger partial charge on any atom is -0.302 e. The summed E-state index contributed by atoms with van der Waals surface area (Å²) < 4.78 is 3.54. The van der Waals surface area contributed by atoms with Crippen molar-refractivity contribution in [1.82, 2.24) is 24.2 Å². The first-order chi connectivity index (χ1) is 9.61. The summed E-state index contributed by atoms with van der Waals surface area (Å²) in [5, 5.41) is 4.39. The SMILES string of the molecule is Cc1cnn(C2CCN(Cc3cc(=O)n(C)cn3)C2)c1. The third-order valence-corrected chi connectivity index (χ3v) is 3.77. The second-order valence-electron chi connectivity index (χ2n) is 5.50. The number of hydrogen-bond acceptors (Lipinski definition) is 4. The zero-order valence-corrected chi connectivity index (χ0v) is 11.9. The van der Waals surface area contributed by atoms with Crippen LogP contribution in [0.1, 0.15) is 23.7 Å². The minimum absolute atomic E-state index is 0.00607. The molecule has 1 aliphatic rings. The van der Waals surface area contributed by atoms with Crippen LogP contribution in [-0.2, 0) is 13.6 Å². The molecule has 1 fully saturated rings. The number of nitrogens with zero attached hydrogens (tertiary/aromatic N) is 5. The van der Waals surface area contributed by atoms with Gasteiger partial charge in [0.25, 0.3) is 5.56 Å².